The molecule has 0 heterocycles. The maximum Gasteiger partial charge on any atom is 0.00103 e. The zero-order valence-electron chi connectivity index (χ0n) is 7.19. The van der Waals surface area contributed by atoms with E-state index in [4.69, 9.17) is 0 Å². The van der Waals surface area contributed by atoms with Gasteiger partial charge in [0.1, 0.15) is 0 Å². The van der Waals surface area contributed by atoms with Crippen LogP contribution in [0, 0.1) is 5.92 Å². The zero-order valence-corrected chi connectivity index (χ0v) is 7.19. The normalized spacial score (nSPS) is 18.3. The van der Waals surface area contributed by atoms with Crippen LogP contribution in [0.4, 0.5) is 0 Å². The van der Waals surface area contributed by atoms with Gasteiger partial charge in [0.2, 0.25) is 0 Å². The summed E-state index contributed by atoms with van der Waals surface area (Å²) in [7, 11) is 0. The molecule has 0 amide bonds. The molecule has 0 aromatic heterocycles. The van der Waals surface area contributed by atoms with E-state index in [1.54, 1.807) is 0 Å². The first-order valence-corrected chi connectivity index (χ1v) is 4.52. The molecule has 1 aliphatic carbocycles. The van der Waals surface area contributed by atoms with Crippen LogP contribution in [-0.4, -0.2) is 12.6 Å². The number of nitrogens with one attached hydrogen (secondary N) is 1. The second-order valence-electron chi connectivity index (χ2n) is 3.69. The summed E-state index contributed by atoms with van der Waals surface area (Å²) in [5, 5.41) is 3.43. The smallest absolute Gasteiger partial charge is 0.00103 e. The van der Waals surface area contributed by atoms with Gasteiger partial charge in [0.05, 0.1) is 0 Å². The maximum atomic E-state index is 3.43. The molecule has 60 valence electrons. The molecule has 0 radical (unpaired) electrons. The summed E-state index contributed by atoms with van der Waals surface area (Å²) in [6, 6.07) is 0.666. The molecule has 1 N–H and O–H groups in total. The van der Waals surface area contributed by atoms with Gasteiger partial charge in [-0.15, -0.1) is 0 Å². The van der Waals surface area contributed by atoms with E-state index in [-0.39, 0.29) is 0 Å². The van der Waals surface area contributed by atoms with Crippen molar-refractivity contribution in [2.75, 3.05) is 6.54 Å². The van der Waals surface area contributed by atoms with Crippen LogP contribution < -0.4 is 5.32 Å². The van der Waals surface area contributed by atoms with Gasteiger partial charge in [-0.25, -0.2) is 0 Å². The van der Waals surface area contributed by atoms with Gasteiger partial charge in [-0.1, -0.05) is 26.7 Å². The van der Waals surface area contributed by atoms with Crippen LogP contribution >= 0.6 is 0 Å². The van der Waals surface area contributed by atoms with Crippen molar-refractivity contribution in [1.82, 2.24) is 5.32 Å². The topological polar surface area (TPSA) is 12.0 Å². The molecule has 0 aromatic carbocycles. The van der Waals surface area contributed by atoms with E-state index in [9.17, 15) is 0 Å². The van der Waals surface area contributed by atoms with Crippen molar-refractivity contribution in [3.05, 3.63) is 0 Å². The number of hydrogen-bond donors (Lipinski definition) is 1. The summed E-state index contributed by atoms with van der Waals surface area (Å²) in [4.78, 5) is 0. The van der Waals surface area contributed by atoms with Crippen molar-refractivity contribution in [2.24, 2.45) is 5.92 Å². The maximum absolute atomic E-state index is 3.43. The largest absolute Gasteiger partial charge is 0.315 e. The average molecular weight is 141 g/mol. The molecule has 10 heavy (non-hydrogen) atoms. The molecule has 1 heteroatoms. The van der Waals surface area contributed by atoms with Crippen molar-refractivity contribution in [1.29, 1.82) is 0 Å². The summed E-state index contributed by atoms with van der Waals surface area (Å²) in [5.74, 6) is 1.11. The van der Waals surface area contributed by atoms with Gasteiger partial charge < -0.3 is 5.32 Å². The third-order valence-corrected chi connectivity index (χ3v) is 2.04. The molecule has 1 aliphatic rings. The minimum absolute atomic E-state index is 0.666. The fourth-order valence-corrected chi connectivity index (χ4v) is 1.19. The molecular weight excluding hydrogens is 122 g/mol. The second-order valence-corrected chi connectivity index (χ2v) is 3.69. The summed E-state index contributed by atoms with van der Waals surface area (Å²) in [6.07, 6.45) is 5.84. The third kappa shape index (κ3) is 3.89. The van der Waals surface area contributed by atoms with Gasteiger partial charge in [0.25, 0.3) is 0 Å². The van der Waals surface area contributed by atoms with Gasteiger partial charge in [0, 0.05) is 6.04 Å². The summed E-state index contributed by atoms with van der Waals surface area (Å²) in [5.41, 5.74) is 0. The first-order chi connectivity index (χ1) is 4.79. The Kier molecular flexibility index (Phi) is 3.20. The quantitative estimate of drug-likeness (QED) is 0.579. The lowest BCUT2D eigenvalue weighted by Crippen LogP contribution is -2.23. The van der Waals surface area contributed by atoms with E-state index in [0.29, 0.717) is 6.04 Å². The van der Waals surface area contributed by atoms with Crippen molar-refractivity contribution in [3.63, 3.8) is 0 Å². The second kappa shape index (κ2) is 3.97. The molecule has 0 aromatic rings. The first-order valence-electron chi connectivity index (χ1n) is 4.52. The van der Waals surface area contributed by atoms with E-state index < -0.39 is 0 Å². The van der Waals surface area contributed by atoms with Crippen LogP contribution in [0.5, 0.6) is 0 Å². The molecule has 0 unspecified atom stereocenters. The third-order valence-electron chi connectivity index (χ3n) is 2.04. The minimum atomic E-state index is 0.666. The number of hydrogen-bond acceptors (Lipinski definition) is 1. The molecule has 1 rings (SSSR count). The van der Waals surface area contributed by atoms with Gasteiger partial charge in [-0.2, -0.15) is 0 Å². The van der Waals surface area contributed by atoms with Crippen LogP contribution in [0.1, 0.15) is 39.5 Å². The lowest BCUT2D eigenvalue weighted by atomic mass is 10.2. The monoisotopic (exact) mass is 141 g/mol. The molecular formula is C9H19N. The van der Waals surface area contributed by atoms with Crippen LogP contribution in [0.3, 0.4) is 0 Å². The lowest BCUT2D eigenvalue weighted by Gasteiger charge is -2.06. The Balaban J connectivity index is 1.76. The van der Waals surface area contributed by atoms with Crippen molar-refractivity contribution in [2.45, 2.75) is 45.6 Å². The average Bonchev–Trinajstić information content (AvgIpc) is 2.62. The fourth-order valence-electron chi connectivity index (χ4n) is 1.19. The van der Waals surface area contributed by atoms with Crippen LogP contribution in [0.25, 0.3) is 0 Å². The summed E-state index contributed by atoms with van der Waals surface area (Å²) in [6.45, 7) is 5.63. The summed E-state index contributed by atoms with van der Waals surface area (Å²) >= 11 is 0. The Bertz CT molecular complexity index is 80.7. The Labute approximate surface area is 64.2 Å². The highest BCUT2D eigenvalue weighted by Crippen LogP contribution is 2.33. The highest BCUT2D eigenvalue weighted by Gasteiger charge is 2.19. The lowest BCUT2D eigenvalue weighted by molar-refractivity contribution is 0.543. The fraction of sp³-hybridized carbons (Fsp3) is 1.00. The van der Waals surface area contributed by atoms with Crippen LogP contribution in [0.2, 0.25) is 0 Å². The van der Waals surface area contributed by atoms with Gasteiger partial charge >= 0.3 is 0 Å². The Morgan fingerprint density at radius 3 is 2.60 bits per heavy atom. The van der Waals surface area contributed by atoms with Gasteiger partial charge in [-0.3, -0.25) is 0 Å². The molecule has 1 fully saturated rings. The predicted molar refractivity (Wildman–Crippen MR) is 45.1 cm³/mol. The standard InChI is InChI=1S/C9H19N/c1-8(2)10-7-3-4-9-5-6-9/h8-10H,3-7H2,1-2H3. The van der Waals surface area contributed by atoms with Gasteiger partial charge in [-0.05, 0) is 25.3 Å². The Morgan fingerprint density at radius 1 is 1.40 bits per heavy atom. The molecule has 0 spiro atoms. The van der Waals surface area contributed by atoms with Gasteiger partial charge in [0.15, 0.2) is 0 Å². The first kappa shape index (κ1) is 8.06. The molecule has 0 bridgehead atoms. The molecule has 0 aliphatic heterocycles. The van der Waals surface area contributed by atoms with E-state index in [0.717, 1.165) is 5.92 Å². The SMILES string of the molecule is CC(C)NCCCC1CC1. The van der Waals surface area contributed by atoms with E-state index in [1.165, 1.54) is 32.2 Å². The zero-order chi connectivity index (χ0) is 7.40. The van der Waals surface area contributed by atoms with Crippen LogP contribution in [0.15, 0.2) is 0 Å². The highest BCUT2D eigenvalue weighted by molar-refractivity contribution is 4.73. The van der Waals surface area contributed by atoms with Crippen LogP contribution in [-0.2, 0) is 0 Å². The molecule has 0 atom stereocenters. The molecule has 1 saturated carbocycles. The molecule has 0 saturated heterocycles. The number of rotatable bonds is 5. The van der Waals surface area contributed by atoms with Crippen molar-refractivity contribution in [3.8, 4) is 0 Å². The minimum Gasteiger partial charge on any atom is -0.315 e. The highest BCUT2D eigenvalue weighted by atomic mass is 14.9. The van der Waals surface area contributed by atoms with E-state index >= 15 is 0 Å². The predicted octanol–water partition coefficient (Wildman–Crippen LogP) is 2.17. The summed E-state index contributed by atoms with van der Waals surface area (Å²) < 4.78 is 0. The Hall–Kier alpha value is -0.0400. The van der Waals surface area contributed by atoms with E-state index in [2.05, 4.69) is 19.2 Å². The Morgan fingerprint density at radius 2 is 2.10 bits per heavy atom. The van der Waals surface area contributed by atoms with Crippen molar-refractivity contribution >= 4 is 0 Å². The molecule has 1 nitrogen and oxygen atoms in total. The van der Waals surface area contributed by atoms with E-state index in [1.807, 2.05) is 0 Å². The van der Waals surface area contributed by atoms with Crippen molar-refractivity contribution < 1.29 is 0 Å².